The molecule has 5 amide bonds. The van der Waals surface area contributed by atoms with Crippen molar-refractivity contribution in [2.24, 2.45) is 34.8 Å². The number of methoxy groups -OCH3 is 1. The van der Waals surface area contributed by atoms with E-state index in [-0.39, 0.29) is 41.0 Å². The van der Waals surface area contributed by atoms with Crippen LogP contribution >= 0.6 is 0 Å². The van der Waals surface area contributed by atoms with E-state index in [4.69, 9.17) is 10.5 Å². The summed E-state index contributed by atoms with van der Waals surface area (Å²) in [5, 5.41) is 8.85. The number of primary amides is 1. The molecule has 11 nitrogen and oxygen atoms in total. The molecule has 1 aliphatic heterocycles. The lowest BCUT2D eigenvalue weighted by molar-refractivity contribution is -0.144. The van der Waals surface area contributed by atoms with Crippen molar-refractivity contribution in [1.29, 1.82) is 0 Å². The maximum atomic E-state index is 14.6. The molecule has 5 N–H and O–H groups in total. The molecule has 0 radical (unpaired) electrons. The summed E-state index contributed by atoms with van der Waals surface area (Å²) in [4.78, 5) is 68.5. The Morgan fingerprint density at radius 3 is 2.11 bits per heavy atom. The van der Waals surface area contributed by atoms with E-state index in [0.29, 0.717) is 38.8 Å². The first-order chi connectivity index (χ1) is 21.7. The number of likely N-dealkylation sites (tertiary alicyclic amines) is 1. The first-order valence-electron chi connectivity index (χ1n) is 16.8. The molecule has 0 aromatic heterocycles. The summed E-state index contributed by atoms with van der Waals surface area (Å²) >= 11 is 0. The number of rotatable bonds is 13. The zero-order valence-corrected chi connectivity index (χ0v) is 28.3. The van der Waals surface area contributed by atoms with E-state index in [2.05, 4.69) is 16.0 Å². The molecule has 3 aliphatic rings. The maximum Gasteiger partial charge on any atom is 0.315 e. The van der Waals surface area contributed by atoms with Crippen molar-refractivity contribution >= 4 is 29.5 Å². The maximum absolute atomic E-state index is 14.6. The van der Waals surface area contributed by atoms with Gasteiger partial charge < -0.3 is 31.3 Å². The van der Waals surface area contributed by atoms with Crippen LogP contribution in [0.2, 0.25) is 0 Å². The van der Waals surface area contributed by atoms with Crippen LogP contribution in [0.15, 0.2) is 24.3 Å². The van der Waals surface area contributed by atoms with Crippen molar-refractivity contribution in [3.8, 4) is 0 Å². The Morgan fingerprint density at radius 2 is 1.61 bits per heavy atom. The molecule has 2 aliphatic carbocycles. The molecule has 1 heterocycles. The number of ether oxygens (including phenoxy) is 1. The molecule has 2 fully saturated rings. The minimum Gasteiger partial charge on any atom is -0.383 e. The second kappa shape index (κ2) is 15.0. The molecular formula is C35H53N5O6. The lowest BCUT2D eigenvalue weighted by Gasteiger charge is -2.36. The van der Waals surface area contributed by atoms with Crippen molar-refractivity contribution in [2.45, 2.75) is 104 Å². The van der Waals surface area contributed by atoms with Gasteiger partial charge in [-0.05, 0) is 65.9 Å². The van der Waals surface area contributed by atoms with Crippen molar-refractivity contribution in [3.05, 3.63) is 35.4 Å². The zero-order valence-electron chi connectivity index (χ0n) is 28.3. The minimum absolute atomic E-state index is 0.0671. The fourth-order valence-electron chi connectivity index (χ4n) is 7.22. The summed E-state index contributed by atoms with van der Waals surface area (Å²) < 4.78 is 5.36. The lowest BCUT2D eigenvalue weighted by Crippen LogP contribution is -2.61. The van der Waals surface area contributed by atoms with Crippen molar-refractivity contribution in [2.75, 3.05) is 20.3 Å². The fourth-order valence-corrected chi connectivity index (χ4v) is 7.22. The van der Waals surface area contributed by atoms with E-state index in [0.717, 1.165) is 30.4 Å². The van der Waals surface area contributed by atoms with E-state index in [9.17, 15) is 24.0 Å². The first kappa shape index (κ1) is 35.4. The number of carbonyl (C=O) groups is 5. The van der Waals surface area contributed by atoms with Crippen molar-refractivity contribution in [1.82, 2.24) is 20.9 Å². The smallest absolute Gasteiger partial charge is 0.315 e. The fraction of sp³-hybridized carbons (Fsp3) is 0.686. The van der Waals surface area contributed by atoms with Gasteiger partial charge in [0.05, 0.1) is 18.7 Å². The van der Waals surface area contributed by atoms with Gasteiger partial charge in [0.25, 0.3) is 5.91 Å². The van der Waals surface area contributed by atoms with Crippen LogP contribution in [0.4, 0.5) is 4.79 Å². The summed E-state index contributed by atoms with van der Waals surface area (Å²) in [5.41, 5.74) is 7.35. The SMILES string of the molecule is COC[C@@H](NC(=O)N[C@H](C(=O)N1CCC(C(C)C)[C@H]1C(=O)NC(CC1CCC1)C(=O)C(N)=O)C1Cc2ccccc2C1)C(C)(C)C. The molecule has 0 spiro atoms. The second-order valence-corrected chi connectivity index (χ2v) is 14.9. The number of fused-ring (bicyclic) bond motifs is 1. The molecule has 5 atom stereocenters. The number of hydrogen-bond acceptors (Lipinski definition) is 6. The van der Waals surface area contributed by atoms with Crippen LogP contribution in [0.5, 0.6) is 0 Å². The average molecular weight is 640 g/mol. The summed E-state index contributed by atoms with van der Waals surface area (Å²) in [6.45, 7) is 10.7. The van der Waals surface area contributed by atoms with Crippen LogP contribution in [-0.4, -0.2) is 78.9 Å². The molecule has 11 heteroatoms. The third-order valence-corrected chi connectivity index (χ3v) is 10.3. The van der Waals surface area contributed by atoms with E-state index in [1.807, 2.05) is 58.9 Å². The quantitative estimate of drug-likeness (QED) is 0.243. The molecule has 4 rings (SSSR count). The molecule has 2 unspecified atom stereocenters. The molecule has 46 heavy (non-hydrogen) atoms. The Morgan fingerprint density at radius 1 is 0.978 bits per heavy atom. The summed E-state index contributed by atoms with van der Waals surface area (Å²) in [7, 11) is 1.58. The number of nitrogens with two attached hydrogens (primary N) is 1. The first-order valence-corrected chi connectivity index (χ1v) is 16.8. The van der Waals surface area contributed by atoms with E-state index in [1.54, 1.807) is 12.0 Å². The third-order valence-electron chi connectivity index (χ3n) is 10.3. The number of urea groups is 1. The van der Waals surface area contributed by atoms with Crippen LogP contribution in [0, 0.1) is 29.1 Å². The highest BCUT2D eigenvalue weighted by atomic mass is 16.5. The van der Waals surface area contributed by atoms with Gasteiger partial charge in [0.2, 0.25) is 17.6 Å². The topological polar surface area (TPSA) is 160 Å². The number of carbonyl (C=O) groups excluding carboxylic acids is 5. The van der Waals surface area contributed by atoms with Gasteiger partial charge in [0, 0.05) is 13.7 Å². The molecule has 254 valence electrons. The number of hydrogen-bond donors (Lipinski definition) is 4. The van der Waals surface area contributed by atoms with E-state index < -0.39 is 41.8 Å². The minimum atomic E-state index is -1.08. The van der Waals surface area contributed by atoms with E-state index >= 15 is 0 Å². The van der Waals surface area contributed by atoms with Gasteiger partial charge in [-0.2, -0.15) is 0 Å². The third kappa shape index (κ3) is 8.27. The second-order valence-electron chi connectivity index (χ2n) is 14.9. The van der Waals surface area contributed by atoms with Crippen LogP contribution in [0.1, 0.15) is 77.8 Å². The highest BCUT2D eigenvalue weighted by Gasteiger charge is 2.48. The average Bonchev–Trinajstić information content (AvgIpc) is 3.60. The highest BCUT2D eigenvalue weighted by Crippen LogP contribution is 2.35. The molecule has 1 saturated heterocycles. The van der Waals surface area contributed by atoms with Crippen LogP contribution in [-0.2, 0) is 36.8 Å². The van der Waals surface area contributed by atoms with Gasteiger partial charge in [-0.3, -0.25) is 19.2 Å². The molecule has 1 aromatic rings. The Balaban J connectivity index is 1.60. The standard InChI is InChI=1S/C35H53N5O6/c1-20(2)25-14-15-40(29(25)32(43)37-26(30(41)31(36)42)16-21-10-9-11-21)33(44)28(24-17-22-12-7-8-13-23(22)18-24)39-34(45)38-27(19-46-6)35(3,4)5/h7-8,12-13,20-21,24-29H,9-11,14-19H2,1-6H3,(H2,36,42)(H,37,43)(H2,38,39,45)/t25?,26?,27-,28+,29+/m1/s1. The van der Waals surface area contributed by atoms with Crippen LogP contribution < -0.4 is 21.7 Å². The zero-order chi connectivity index (χ0) is 33.8. The van der Waals surface area contributed by atoms with Crippen LogP contribution in [0.25, 0.3) is 0 Å². The van der Waals surface area contributed by atoms with Gasteiger partial charge >= 0.3 is 6.03 Å². The van der Waals surface area contributed by atoms with Crippen molar-refractivity contribution in [3.63, 3.8) is 0 Å². The number of benzene rings is 1. The Labute approximate surface area is 273 Å². The molecule has 1 aromatic carbocycles. The van der Waals surface area contributed by atoms with Gasteiger partial charge in [-0.25, -0.2) is 4.79 Å². The van der Waals surface area contributed by atoms with Gasteiger partial charge in [0.15, 0.2) is 0 Å². The Bertz CT molecular complexity index is 1260. The summed E-state index contributed by atoms with van der Waals surface area (Å²) in [6.07, 6.45) is 5.09. The highest BCUT2D eigenvalue weighted by molar-refractivity contribution is 6.37. The van der Waals surface area contributed by atoms with Gasteiger partial charge in [-0.1, -0.05) is 78.1 Å². The lowest BCUT2D eigenvalue weighted by atomic mass is 9.80. The van der Waals surface area contributed by atoms with Gasteiger partial charge in [-0.15, -0.1) is 0 Å². The summed E-state index contributed by atoms with van der Waals surface area (Å²) in [5.74, 6) is -2.76. The predicted octanol–water partition coefficient (Wildman–Crippen LogP) is 2.73. The monoisotopic (exact) mass is 639 g/mol. The normalized spacial score (nSPS) is 22.0. The number of nitrogens with zero attached hydrogens (tertiary/aromatic N) is 1. The molecule has 1 saturated carbocycles. The van der Waals surface area contributed by atoms with Crippen molar-refractivity contribution < 1.29 is 28.7 Å². The number of Topliss-reactive ketones (excluding diaryl/α,β-unsaturated/α-hetero) is 1. The molecule has 0 bridgehead atoms. The van der Waals surface area contributed by atoms with Crippen LogP contribution in [0.3, 0.4) is 0 Å². The Kier molecular flexibility index (Phi) is 11.5. The van der Waals surface area contributed by atoms with E-state index in [1.165, 1.54) is 0 Å². The molecular weight excluding hydrogens is 586 g/mol. The van der Waals surface area contributed by atoms with Gasteiger partial charge in [0.1, 0.15) is 12.1 Å². The number of ketones is 1. The predicted molar refractivity (Wildman–Crippen MR) is 174 cm³/mol. The number of nitrogens with one attached hydrogen (secondary N) is 3. The largest absolute Gasteiger partial charge is 0.383 e. The number of amides is 5. The summed E-state index contributed by atoms with van der Waals surface area (Å²) in [6, 6.07) is 4.48. The Hall–Kier alpha value is -3.47.